The van der Waals surface area contributed by atoms with Crippen LogP contribution in [0.3, 0.4) is 0 Å². The Bertz CT molecular complexity index is 496. The van der Waals surface area contributed by atoms with Crippen LogP contribution in [0.5, 0.6) is 0 Å². The van der Waals surface area contributed by atoms with Crippen molar-refractivity contribution in [3.05, 3.63) is 21.9 Å². The summed E-state index contributed by atoms with van der Waals surface area (Å²) in [5, 5.41) is 7.23. The molecule has 1 aliphatic carbocycles. The van der Waals surface area contributed by atoms with Crippen LogP contribution in [0, 0.1) is 0 Å². The van der Waals surface area contributed by atoms with Crippen LogP contribution in [0.15, 0.2) is 11.4 Å². The van der Waals surface area contributed by atoms with Crippen molar-refractivity contribution in [2.24, 2.45) is 0 Å². The second kappa shape index (κ2) is 5.30. The lowest BCUT2D eigenvalue weighted by molar-refractivity contribution is -0.121. The summed E-state index contributed by atoms with van der Waals surface area (Å²) in [5.74, 6) is -0.225. The van der Waals surface area contributed by atoms with E-state index in [9.17, 15) is 9.59 Å². The molecule has 6 heteroatoms. The van der Waals surface area contributed by atoms with Crippen LogP contribution >= 0.6 is 11.3 Å². The monoisotopic (exact) mass is 279 g/mol. The summed E-state index contributed by atoms with van der Waals surface area (Å²) >= 11 is 1.78. The molecule has 2 N–H and O–H groups in total. The molecular formula is C13H17N3O2S. The Kier molecular flexibility index (Phi) is 3.52. The molecule has 1 aliphatic heterocycles. The van der Waals surface area contributed by atoms with E-state index in [1.165, 1.54) is 10.4 Å². The number of hydrogen-bond acceptors (Lipinski definition) is 4. The molecule has 1 saturated carbocycles. The Morgan fingerprint density at radius 3 is 3.05 bits per heavy atom. The quantitative estimate of drug-likeness (QED) is 0.871. The Hall–Kier alpha value is -1.40. The molecule has 0 unspecified atom stereocenters. The molecule has 1 aromatic rings. The highest BCUT2D eigenvalue weighted by molar-refractivity contribution is 7.10. The maximum Gasteiger partial charge on any atom is 0.321 e. The van der Waals surface area contributed by atoms with Gasteiger partial charge in [0.1, 0.15) is 0 Å². The number of nitrogens with one attached hydrogen (secondary N) is 2. The van der Waals surface area contributed by atoms with E-state index in [1.807, 2.05) is 0 Å². The summed E-state index contributed by atoms with van der Waals surface area (Å²) in [6, 6.07) is 2.03. The highest BCUT2D eigenvalue weighted by Crippen LogP contribution is 2.23. The second-order valence-electron chi connectivity index (χ2n) is 5.13. The number of imide groups is 1. The predicted octanol–water partition coefficient (Wildman–Crippen LogP) is 1.09. The number of urea groups is 1. The van der Waals surface area contributed by atoms with Gasteiger partial charge in [0.2, 0.25) is 5.91 Å². The number of amides is 3. The molecule has 0 saturated heterocycles. The summed E-state index contributed by atoms with van der Waals surface area (Å²) in [4.78, 5) is 26.7. The summed E-state index contributed by atoms with van der Waals surface area (Å²) in [6.45, 7) is 1.97. The van der Waals surface area contributed by atoms with Crippen molar-refractivity contribution in [1.29, 1.82) is 0 Å². The van der Waals surface area contributed by atoms with Crippen LogP contribution in [0.25, 0.3) is 0 Å². The predicted molar refractivity (Wildman–Crippen MR) is 73.0 cm³/mol. The van der Waals surface area contributed by atoms with Gasteiger partial charge in [0, 0.05) is 24.0 Å². The largest absolute Gasteiger partial charge is 0.335 e. The highest BCUT2D eigenvalue weighted by atomic mass is 32.1. The molecule has 2 aliphatic rings. The van der Waals surface area contributed by atoms with E-state index in [-0.39, 0.29) is 24.5 Å². The highest BCUT2D eigenvalue weighted by Gasteiger charge is 2.25. The van der Waals surface area contributed by atoms with E-state index in [1.54, 1.807) is 11.3 Å². The van der Waals surface area contributed by atoms with Gasteiger partial charge in [0.15, 0.2) is 0 Å². The molecule has 1 aromatic heterocycles. The molecule has 0 atom stereocenters. The molecule has 0 aromatic carbocycles. The van der Waals surface area contributed by atoms with Crippen molar-refractivity contribution >= 4 is 23.3 Å². The van der Waals surface area contributed by atoms with E-state index in [4.69, 9.17) is 0 Å². The van der Waals surface area contributed by atoms with Crippen LogP contribution in [0.1, 0.15) is 23.3 Å². The first-order valence-electron chi connectivity index (χ1n) is 6.58. The average molecular weight is 279 g/mol. The lowest BCUT2D eigenvalue weighted by Crippen LogP contribution is -2.45. The summed E-state index contributed by atoms with van der Waals surface area (Å²) < 4.78 is 0. The zero-order valence-corrected chi connectivity index (χ0v) is 11.5. The number of nitrogens with zero attached hydrogens (tertiary/aromatic N) is 1. The van der Waals surface area contributed by atoms with E-state index in [0.29, 0.717) is 0 Å². The van der Waals surface area contributed by atoms with Gasteiger partial charge in [-0.05, 0) is 36.3 Å². The standard InChI is InChI=1S/C13H17N3O2S/c17-12(15-13(18)14-10-1-2-10)8-16-5-3-11-9(7-16)4-6-19-11/h4,6,10H,1-3,5,7-8H2,(H2,14,15,17,18). The minimum Gasteiger partial charge on any atom is -0.335 e. The topological polar surface area (TPSA) is 61.4 Å². The van der Waals surface area contributed by atoms with Gasteiger partial charge in [-0.15, -0.1) is 11.3 Å². The van der Waals surface area contributed by atoms with Gasteiger partial charge in [-0.3, -0.25) is 15.0 Å². The lowest BCUT2D eigenvalue weighted by Gasteiger charge is -2.25. The third-order valence-corrected chi connectivity index (χ3v) is 4.44. The van der Waals surface area contributed by atoms with E-state index in [0.717, 1.165) is 32.4 Å². The molecule has 3 rings (SSSR count). The first-order valence-corrected chi connectivity index (χ1v) is 7.46. The number of carbonyl (C=O) groups excluding carboxylic acids is 2. The van der Waals surface area contributed by atoms with Gasteiger partial charge < -0.3 is 5.32 Å². The van der Waals surface area contributed by atoms with Crippen molar-refractivity contribution < 1.29 is 9.59 Å². The fraction of sp³-hybridized carbons (Fsp3) is 0.538. The van der Waals surface area contributed by atoms with E-state index in [2.05, 4.69) is 27.0 Å². The Morgan fingerprint density at radius 2 is 2.26 bits per heavy atom. The molecule has 1 fully saturated rings. The Labute approximate surface area is 116 Å². The van der Waals surface area contributed by atoms with Crippen molar-refractivity contribution in [1.82, 2.24) is 15.5 Å². The molecule has 0 radical (unpaired) electrons. The summed E-state index contributed by atoms with van der Waals surface area (Å²) in [6.07, 6.45) is 3.04. The zero-order valence-electron chi connectivity index (χ0n) is 10.6. The summed E-state index contributed by atoms with van der Waals surface area (Å²) in [7, 11) is 0. The molecule has 19 heavy (non-hydrogen) atoms. The van der Waals surface area contributed by atoms with Crippen molar-refractivity contribution in [3.63, 3.8) is 0 Å². The first kappa shape index (κ1) is 12.6. The van der Waals surface area contributed by atoms with Crippen LogP contribution in [-0.4, -0.2) is 36.0 Å². The van der Waals surface area contributed by atoms with E-state index >= 15 is 0 Å². The second-order valence-corrected chi connectivity index (χ2v) is 6.13. The van der Waals surface area contributed by atoms with Gasteiger partial charge in [0.25, 0.3) is 0 Å². The average Bonchev–Trinajstić information content (AvgIpc) is 3.04. The van der Waals surface area contributed by atoms with Gasteiger partial charge in [-0.2, -0.15) is 0 Å². The van der Waals surface area contributed by atoms with Crippen molar-refractivity contribution in [2.75, 3.05) is 13.1 Å². The fourth-order valence-corrected chi connectivity index (χ4v) is 3.15. The van der Waals surface area contributed by atoms with Crippen LogP contribution in [-0.2, 0) is 17.8 Å². The van der Waals surface area contributed by atoms with Gasteiger partial charge in [-0.1, -0.05) is 0 Å². The number of hydrogen-bond donors (Lipinski definition) is 2. The molecular weight excluding hydrogens is 262 g/mol. The minimum absolute atomic E-state index is 0.225. The van der Waals surface area contributed by atoms with Crippen molar-refractivity contribution in [3.8, 4) is 0 Å². The number of rotatable bonds is 3. The van der Waals surface area contributed by atoms with E-state index < -0.39 is 0 Å². The first-order chi connectivity index (χ1) is 9.20. The number of fused-ring (bicyclic) bond motifs is 1. The molecule has 102 valence electrons. The number of carbonyl (C=O) groups is 2. The Morgan fingerprint density at radius 1 is 1.42 bits per heavy atom. The zero-order chi connectivity index (χ0) is 13.2. The Balaban J connectivity index is 1.46. The van der Waals surface area contributed by atoms with Crippen LogP contribution < -0.4 is 10.6 Å². The molecule has 0 bridgehead atoms. The SMILES string of the molecule is O=C(CN1CCc2sccc2C1)NC(=O)NC1CC1. The fourth-order valence-electron chi connectivity index (χ4n) is 2.26. The molecule has 5 nitrogen and oxygen atoms in total. The van der Waals surface area contributed by atoms with Crippen LogP contribution in [0.2, 0.25) is 0 Å². The maximum absolute atomic E-state index is 11.8. The van der Waals surface area contributed by atoms with Crippen molar-refractivity contribution in [2.45, 2.75) is 31.8 Å². The normalized spacial score (nSPS) is 18.7. The van der Waals surface area contributed by atoms with Gasteiger partial charge in [-0.25, -0.2) is 4.79 Å². The third kappa shape index (κ3) is 3.33. The maximum atomic E-state index is 11.8. The smallest absolute Gasteiger partial charge is 0.321 e. The summed E-state index contributed by atoms with van der Waals surface area (Å²) in [5.41, 5.74) is 1.31. The lowest BCUT2D eigenvalue weighted by atomic mass is 10.1. The van der Waals surface area contributed by atoms with Gasteiger partial charge >= 0.3 is 6.03 Å². The minimum atomic E-state index is -0.360. The molecule has 2 heterocycles. The molecule has 0 spiro atoms. The van der Waals surface area contributed by atoms with Gasteiger partial charge in [0.05, 0.1) is 6.54 Å². The molecule has 3 amide bonds. The van der Waals surface area contributed by atoms with Crippen LogP contribution in [0.4, 0.5) is 4.79 Å². The number of thiophene rings is 1. The third-order valence-electron chi connectivity index (χ3n) is 3.42.